The molecule has 0 bridgehead atoms. The van der Waals surface area contributed by atoms with Crippen LogP contribution in [0.1, 0.15) is 17.5 Å². The summed E-state index contributed by atoms with van der Waals surface area (Å²) in [5, 5.41) is 0. The SMILES string of the molecule is Cc1ccc(OC(=O)C2CC2(Cl)Cl)c(C)c1. The zero-order valence-corrected chi connectivity index (χ0v) is 10.6. The molecule has 1 aliphatic rings. The third-order valence-electron chi connectivity index (χ3n) is 2.65. The summed E-state index contributed by atoms with van der Waals surface area (Å²) >= 11 is 11.6. The van der Waals surface area contributed by atoms with Crippen molar-refractivity contribution in [1.29, 1.82) is 0 Å². The quantitative estimate of drug-likeness (QED) is 0.462. The van der Waals surface area contributed by atoms with Gasteiger partial charge in [-0.05, 0) is 31.9 Å². The second-order valence-electron chi connectivity index (χ2n) is 4.21. The van der Waals surface area contributed by atoms with Crippen LogP contribution >= 0.6 is 23.2 Å². The van der Waals surface area contributed by atoms with Gasteiger partial charge in [0.15, 0.2) is 0 Å². The summed E-state index contributed by atoms with van der Waals surface area (Å²) < 4.78 is 4.33. The molecule has 0 saturated heterocycles. The Morgan fingerprint density at radius 3 is 2.56 bits per heavy atom. The predicted molar refractivity (Wildman–Crippen MR) is 64.1 cm³/mol. The Labute approximate surface area is 104 Å². The minimum atomic E-state index is -0.921. The van der Waals surface area contributed by atoms with Crippen LogP contribution in [0.15, 0.2) is 18.2 Å². The Hall–Kier alpha value is -0.730. The molecule has 2 rings (SSSR count). The molecule has 1 fully saturated rings. The standard InChI is InChI=1S/C12H12Cl2O2/c1-7-3-4-10(8(2)5-7)16-11(15)9-6-12(9,13)14/h3-5,9H,6H2,1-2H3. The number of carbonyl (C=O) groups excluding carboxylic acids is 1. The topological polar surface area (TPSA) is 26.3 Å². The maximum Gasteiger partial charge on any atom is 0.317 e. The van der Waals surface area contributed by atoms with Gasteiger partial charge in [-0.1, -0.05) is 17.7 Å². The highest BCUT2D eigenvalue weighted by molar-refractivity contribution is 6.52. The lowest BCUT2D eigenvalue weighted by atomic mass is 10.1. The van der Waals surface area contributed by atoms with Crippen LogP contribution in [0.25, 0.3) is 0 Å². The van der Waals surface area contributed by atoms with E-state index in [1.54, 1.807) is 6.07 Å². The first-order valence-corrected chi connectivity index (χ1v) is 5.82. The van der Waals surface area contributed by atoms with Gasteiger partial charge in [-0.2, -0.15) is 0 Å². The minimum Gasteiger partial charge on any atom is -0.426 e. The summed E-state index contributed by atoms with van der Waals surface area (Å²) in [4.78, 5) is 11.6. The molecule has 1 unspecified atom stereocenters. The summed E-state index contributed by atoms with van der Waals surface area (Å²) in [5.74, 6) is -0.167. The normalized spacial score (nSPS) is 21.6. The van der Waals surface area contributed by atoms with Crippen molar-refractivity contribution in [3.05, 3.63) is 29.3 Å². The average molecular weight is 259 g/mol. The van der Waals surface area contributed by atoms with Gasteiger partial charge in [0.05, 0.1) is 5.92 Å². The van der Waals surface area contributed by atoms with Gasteiger partial charge in [0.2, 0.25) is 0 Å². The lowest BCUT2D eigenvalue weighted by Gasteiger charge is -2.07. The number of halogens is 2. The van der Waals surface area contributed by atoms with E-state index in [0.717, 1.165) is 11.1 Å². The van der Waals surface area contributed by atoms with E-state index in [1.165, 1.54) is 0 Å². The fourth-order valence-electron chi connectivity index (χ4n) is 1.56. The minimum absolute atomic E-state index is 0.350. The van der Waals surface area contributed by atoms with Gasteiger partial charge in [0.1, 0.15) is 10.1 Å². The van der Waals surface area contributed by atoms with Crippen LogP contribution in [0.4, 0.5) is 0 Å². The molecule has 0 aliphatic heterocycles. The molecule has 1 atom stereocenters. The van der Waals surface area contributed by atoms with Crippen molar-refractivity contribution < 1.29 is 9.53 Å². The highest BCUT2D eigenvalue weighted by Crippen LogP contribution is 2.53. The van der Waals surface area contributed by atoms with Crippen molar-refractivity contribution in [2.75, 3.05) is 0 Å². The molecule has 0 N–H and O–H groups in total. The molecule has 86 valence electrons. The fraction of sp³-hybridized carbons (Fsp3) is 0.417. The Bertz CT molecular complexity index is 441. The Kier molecular flexibility index (Phi) is 2.89. The molecular formula is C12H12Cl2O2. The Morgan fingerprint density at radius 1 is 1.44 bits per heavy atom. The number of hydrogen-bond donors (Lipinski definition) is 0. The zero-order chi connectivity index (χ0) is 11.9. The predicted octanol–water partition coefficient (Wildman–Crippen LogP) is 3.40. The lowest BCUT2D eigenvalue weighted by molar-refractivity contribution is -0.135. The summed E-state index contributed by atoms with van der Waals surface area (Å²) in [6, 6.07) is 5.65. The molecular weight excluding hydrogens is 247 g/mol. The molecule has 4 heteroatoms. The molecule has 0 spiro atoms. The van der Waals surface area contributed by atoms with Gasteiger partial charge in [0.25, 0.3) is 0 Å². The van der Waals surface area contributed by atoms with E-state index in [9.17, 15) is 4.79 Å². The Balaban J connectivity index is 2.07. The number of hydrogen-bond acceptors (Lipinski definition) is 2. The maximum absolute atomic E-state index is 11.6. The van der Waals surface area contributed by atoms with Crippen LogP contribution in [0.2, 0.25) is 0 Å². The van der Waals surface area contributed by atoms with Crippen LogP contribution in [0, 0.1) is 19.8 Å². The number of esters is 1. The highest BCUT2D eigenvalue weighted by atomic mass is 35.5. The molecule has 1 aromatic carbocycles. The number of alkyl halides is 2. The molecule has 0 heterocycles. The van der Waals surface area contributed by atoms with Gasteiger partial charge in [-0.3, -0.25) is 4.79 Å². The van der Waals surface area contributed by atoms with Crippen molar-refractivity contribution in [3.63, 3.8) is 0 Å². The number of rotatable bonds is 2. The van der Waals surface area contributed by atoms with E-state index in [1.807, 2.05) is 26.0 Å². The summed E-state index contributed by atoms with van der Waals surface area (Å²) in [6.07, 6.45) is 0.472. The van der Waals surface area contributed by atoms with Crippen molar-refractivity contribution in [1.82, 2.24) is 0 Å². The lowest BCUT2D eigenvalue weighted by Crippen LogP contribution is -2.14. The summed E-state index contributed by atoms with van der Waals surface area (Å²) in [5.41, 5.74) is 2.07. The number of benzene rings is 1. The van der Waals surface area contributed by atoms with Crippen molar-refractivity contribution in [2.45, 2.75) is 24.6 Å². The van der Waals surface area contributed by atoms with Gasteiger partial charge in [-0.15, -0.1) is 23.2 Å². The summed E-state index contributed by atoms with van der Waals surface area (Å²) in [6.45, 7) is 3.89. The van der Waals surface area contributed by atoms with Crippen LogP contribution in [-0.2, 0) is 4.79 Å². The first-order valence-electron chi connectivity index (χ1n) is 5.07. The third kappa shape index (κ3) is 2.33. The van der Waals surface area contributed by atoms with Crippen LogP contribution < -0.4 is 4.74 Å². The first-order chi connectivity index (χ1) is 7.40. The van der Waals surface area contributed by atoms with E-state index in [2.05, 4.69) is 0 Å². The molecule has 0 amide bonds. The first kappa shape index (κ1) is 11.7. The zero-order valence-electron chi connectivity index (χ0n) is 9.09. The molecule has 0 aromatic heterocycles. The maximum atomic E-state index is 11.6. The average Bonchev–Trinajstić information content (AvgIpc) is 2.80. The molecule has 2 nitrogen and oxygen atoms in total. The van der Waals surface area contributed by atoms with Crippen LogP contribution in [0.5, 0.6) is 5.75 Å². The van der Waals surface area contributed by atoms with E-state index >= 15 is 0 Å². The smallest absolute Gasteiger partial charge is 0.317 e. The van der Waals surface area contributed by atoms with E-state index in [-0.39, 0.29) is 5.97 Å². The number of carbonyl (C=O) groups is 1. The highest BCUT2D eigenvalue weighted by Gasteiger charge is 2.57. The molecule has 1 aliphatic carbocycles. The molecule has 16 heavy (non-hydrogen) atoms. The van der Waals surface area contributed by atoms with Crippen molar-refractivity contribution in [3.8, 4) is 5.75 Å². The van der Waals surface area contributed by atoms with Gasteiger partial charge in [0, 0.05) is 0 Å². The number of aryl methyl sites for hydroxylation is 2. The monoisotopic (exact) mass is 258 g/mol. The Morgan fingerprint density at radius 2 is 2.06 bits per heavy atom. The summed E-state index contributed by atoms with van der Waals surface area (Å²) in [7, 11) is 0. The van der Waals surface area contributed by atoms with Gasteiger partial charge >= 0.3 is 5.97 Å². The van der Waals surface area contributed by atoms with Crippen LogP contribution in [-0.4, -0.2) is 10.3 Å². The van der Waals surface area contributed by atoms with Gasteiger partial charge < -0.3 is 4.74 Å². The molecule has 0 radical (unpaired) electrons. The second kappa shape index (κ2) is 3.94. The van der Waals surface area contributed by atoms with Crippen LogP contribution in [0.3, 0.4) is 0 Å². The van der Waals surface area contributed by atoms with E-state index in [4.69, 9.17) is 27.9 Å². The van der Waals surface area contributed by atoms with Gasteiger partial charge in [-0.25, -0.2) is 0 Å². The van der Waals surface area contributed by atoms with Crippen molar-refractivity contribution >= 4 is 29.2 Å². The molecule has 1 saturated carbocycles. The van der Waals surface area contributed by atoms with E-state index < -0.39 is 10.3 Å². The largest absolute Gasteiger partial charge is 0.426 e. The third-order valence-corrected chi connectivity index (χ3v) is 3.49. The molecule has 1 aromatic rings. The fourth-order valence-corrected chi connectivity index (χ4v) is 2.05. The number of ether oxygens (including phenoxy) is 1. The second-order valence-corrected chi connectivity index (χ2v) is 5.75. The van der Waals surface area contributed by atoms with Crippen molar-refractivity contribution in [2.24, 2.45) is 5.92 Å². The van der Waals surface area contributed by atoms with E-state index in [0.29, 0.717) is 12.2 Å².